The molecular weight excluding hydrogens is 372 g/mol. The number of rotatable bonds is 5. The standard InChI is InChI=1S/C20H34N6OS/c1-3-17-14-22-18(28-17)15-23-20(21-2)26-12-10-24(11-13-26)16-19(27)25-8-6-4-5-7-9-25/h14H,3-13,15-16H2,1-2H3,(H,21,23). The van der Waals surface area contributed by atoms with Crippen LogP contribution in [0, 0.1) is 0 Å². The SMILES string of the molecule is CCc1cnc(CNC(=NC)N2CCN(CC(=O)N3CCCCCC3)CC2)s1. The molecule has 3 rings (SSSR count). The molecule has 2 aliphatic heterocycles. The van der Waals surface area contributed by atoms with E-state index in [1.54, 1.807) is 11.3 Å². The molecule has 1 N–H and O–H groups in total. The van der Waals surface area contributed by atoms with Crippen molar-refractivity contribution >= 4 is 23.2 Å². The van der Waals surface area contributed by atoms with Crippen LogP contribution in [0.4, 0.5) is 0 Å². The largest absolute Gasteiger partial charge is 0.350 e. The fourth-order valence-corrected chi connectivity index (χ4v) is 4.61. The number of carbonyl (C=O) groups excluding carboxylic acids is 1. The van der Waals surface area contributed by atoms with Gasteiger partial charge in [-0.15, -0.1) is 11.3 Å². The molecule has 2 fully saturated rings. The van der Waals surface area contributed by atoms with E-state index in [2.05, 4.69) is 36.9 Å². The first kappa shape index (κ1) is 21.0. The number of hydrogen-bond donors (Lipinski definition) is 1. The summed E-state index contributed by atoms with van der Waals surface area (Å²) in [5.74, 6) is 1.22. The molecular formula is C20H34N6OS. The molecule has 156 valence electrons. The molecule has 2 aliphatic rings. The van der Waals surface area contributed by atoms with E-state index in [0.29, 0.717) is 19.0 Å². The minimum atomic E-state index is 0.299. The molecule has 0 spiro atoms. The van der Waals surface area contributed by atoms with Crippen LogP contribution in [0.2, 0.25) is 0 Å². The molecule has 8 heteroatoms. The summed E-state index contributed by atoms with van der Waals surface area (Å²) in [4.78, 5) is 29.5. The molecule has 0 aromatic carbocycles. The summed E-state index contributed by atoms with van der Waals surface area (Å²) in [6, 6.07) is 0. The average Bonchev–Trinajstić information content (AvgIpc) is 3.01. The van der Waals surface area contributed by atoms with Crippen molar-refractivity contribution in [1.29, 1.82) is 0 Å². The molecule has 0 unspecified atom stereocenters. The third kappa shape index (κ3) is 5.91. The van der Waals surface area contributed by atoms with E-state index in [9.17, 15) is 4.79 Å². The number of nitrogens with zero attached hydrogens (tertiary/aromatic N) is 5. The predicted molar refractivity (Wildman–Crippen MR) is 115 cm³/mol. The van der Waals surface area contributed by atoms with Crippen LogP contribution in [0.1, 0.15) is 42.5 Å². The topological polar surface area (TPSA) is 64.1 Å². The maximum Gasteiger partial charge on any atom is 0.236 e. The number of aryl methyl sites for hydroxylation is 1. The van der Waals surface area contributed by atoms with E-state index >= 15 is 0 Å². The van der Waals surface area contributed by atoms with Gasteiger partial charge in [-0.05, 0) is 19.3 Å². The zero-order valence-corrected chi connectivity index (χ0v) is 18.1. The molecule has 0 bridgehead atoms. The molecule has 0 radical (unpaired) electrons. The Bertz CT molecular complexity index is 645. The zero-order valence-electron chi connectivity index (χ0n) is 17.3. The van der Waals surface area contributed by atoms with Gasteiger partial charge in [0.15, 0.2) is 5.96 Å². The quantitative estimate of drug-likeness (QED) is 0.597. The number of likely N-dealkylation sites (tertiary alicyclic amines) is 1. The van der Waals surface area contributed by atoms with E-state index in [1.807, 2.05) is 13.2 Å². The smallest absolute Gasteiger partial charge is 0.236 e. The third-order valence-corrected chi connectivity index (χ3v) is 6.69. The lowest BCUT2D eigenvalue weighted by atomic mass is 10.2. The summed E-state index contributed by atoms with van der Waals surface area (Å²) in [6.45, 7) is 8.88. The van der Waals surface area contributed by atoms with Crippen LogP contribution in [0.3, 0.4) is 0 Å². The van der Waals surface area contributed by atoms with E-state index in [4.69, 9.17) is 0 Å². The Labute approximate surface area is 172 Å². The lowest BCUT2D eigenvalue weighted by Crippen LogP contribution is -2.54. The van der Waals surface area contributed by atoms with Gasteiger partial charge in [0, 0.05) is 57.4 Å². The Morgan fingerprint density at radius 1 is 1.11 bits per heavy atom. The van der Waals surface area contributed by atoms with Gasteiger partial charge < -0.3 is 15.1 Å². The Kier molecular flexibility index (Phi) is 8.09. The lowest BCUT2D eigenvalue weighted by Gasteiger charge is -2.36. The van der Waals surface area contributed by atoms with E-state index in [0.717, 1.165) is 69.5 Å². The van der Waals surface area contributed by atoms with Crippen molar-refractivity contribution < 1.29 is 4.79 Å². The van der Waals surface area contributed by atoms with Crippen LogP contribution in [0.5, 0.6) is 0 Å². The van der Waals surface area contributed by atoms with E-state index < -0.39 is 0 Å². The highest BCUT2D eigenvalue weighted by Gasteiger charge is 2.23. The van der Waals surface area contributed by atoms with Crippen LogP contribution in [0.25, 0.3) is 0 Å². The Morgan fingerprint density at radius 2 is 1.82 bits per heavy atom. The highest BCUT2D eigenvalue weighted by Crippen LogP contribution is 2.13. The van der Waals surface area contributed by atoms with Crippen molar-refractivity contribution in [2.45, 2.75) is 45.6 Å². The molecule has 3 heterocycles. The fourth-order valence-electron chi connectivity index (χ4n) is 3.81. The lowest BCUT2D eigenvalue weighted by molar-refractivity contribution is -0.132. The first-order valence-corrected chi connectivity index (χ1v) is 11.4. The second-order valence-electron chi connectivity index (χ2n) is 7.53. The number of aliphatic imine (C=N–C) groups is 1. The van der Waals surface area contributed by atoms with Gasteiger partial charge in [-0.25, -0.2) is 4.98 Å². The van der Waals surface area contributed by atoms with Crippen molar-refractivity contribution in [3.05, 3.63) is 16.1 Å². The number of aromatic nitrogens is 1. The first-order valence-electron chi connectivity index (χ1n) is 10.6. The number of guanidine groups is 1. The molecule has 28 heavy (non-hydrogen) atoms. The summed E-state index contributed by atoms with van der Waals surface area (Å²) >= 11 is 1.76. The average molecular weight is 407 g/mol. The van der Waals surface area contributed by atoms with Crippen molar-refractivity contribution in [3.8, 4) is 0 Å². The molecule has 7 nitrogen and oxygen atoms in total. The van der Waals surface area contributed by atoms with E-state index in [1.165, 1.54) is 17.7 Å². The van der Waals surface area contributed by atoms with Gasteiger partial charge >= 0.3 is 0 Å². The van der Waals surface area contributed by atoms with Crippen molar-refractivity contribution in [1.82, 2.24) is 25.0 Å². The molecule has 1 aromatic rings. The van der Waals surface area contributed by atoms with Crippen molar-refractivity contribution in [3.63, 3.8) is 0 Å². The number of carbonyl (C=O) groups is 1. The van der Waals surface area contributed by atoms with Gasteiger partial charge in [-0.3, -0.25) is 14.7 Å². The third-order valence-electron chi connectivity index (χ3n) is 5.55. The van der Waals surface area contributed by atoms with E-state index in [-0.39, 0.29) is 0 Å². The molecule has 1 amide bonds. The summed E-state index contributed by atoms with van der Waals surface area (Å²) in [6.07, 6.45) is 7.82. The number of amides is 1. The first-order chi connectivity index (χ1) is 13.7. The predicted octanol–water partition coefficient (Wildman–Crippen LogP) is 1.80. The van der Waals surface area contributed by atoms with Gasteiger partial charge in [0.05, 0.1) is 13.1 Å². The molecule has 0 atom stereocenters. The molecule has 2 saturated heterocycles. The number of piperazine rings is 1. The Balaban J connectivity index is 1.42. The molecule has 1 aromatic heterocycles. The Morgan fingerprint density at radius 3 is 2.43 bits per heavy atom. The van der Waals surface area contributed by atoms with Gasteiger partial charge in [-0.1, -0.05) is 19.8 Å². The van der Waals surface area contributed by atoms with Crippen LogP contribution in [0.15, 0.2) is 11.2 Å². The number of hydrogen-bond acceptors (Lipinski definition) is 5. The van der Waals surface area contributed by atoms with Crippen molar-refractivity contribution in [2.24, 2.45) is 4.99 Å². The molecule has 0 aliphatic carbocycles. The number of nitrogens with one attached hydrogen (secondary N) is 1. The van der Waals surface area contributed by atoms with Gasteiger partial charge in [0.25, 0.3) is 0 Å². The van der Waals surface area contributed by atoms with Gasteiger partial charge in [-0.2, -0.15) is 0 Å². The Hall–Kier alpha value is -1.67. The maximum absolute atomic E-state index is 12.6. The minimum absolute atomic E-state index is 0.299. The van der Waals surface area contributed by atoms with Crippen LogP contribution in [-0.4, -0.2) is 84.4 Å². The fraction of sp³-hybridized carbons (Fsp3) is 0.750. The minimum Gasteiger partial charge on any atom is -0.350 e. The number of thiazole rings is 1. The second kappa shape index (κ2) is 10.8. The molecule has 0 saturated carbocycles. The maximum atomic E-state index is 12.6. The van der Waals surface area contributed by atoms with Gasteiger partial charge in [0.1, 0.15) is 5.01 Å². The second-order valence-corrected chi connectivity index (χ2v) is 8.73. The zero-order chi connectivity index (χ0) is 19.8. The van der Waals surface area contributed by atoms with Crippen LogP contribution < -0.4 is 5.32 Å². The monoisotopic (exact) mass is 406 g/mol. The van der Waals surface area contributed by atoms with Crippen LogP contribution >= 0.6 is 11.3 Å². The highest BCUT2D eigenvalue weighted by molar-refractivity contribution is 7.11. The normalized spacial score (nSPS) is 19.6. The summed E-state index contributed by atoms with van der Waals surface area (Å²) in [5, 5.41) is 4.53. The highest BCUT2D eigenvalue weighted by atomic mass is 32.1. The summed E-state index contributed by atoms with van der Waals surface area (Å²) < 4.78 is 0. The van der Waals surface area contributed by atoms with Crippen molar-refractivity contribution in [2.75, 3.05) is 52.9 Å². The van der Waals surface area contributed by atoms with Crippen LogP contribution in [-0.2, 0) is 17.8 Å². The summed E-state index contributed by atoms with van der Waals surface area (Å²) in [5.41, 5.74) is 0. The van der Waals surface area contributed by atoms with Gasteiger partial charge in [0.2, 0.25) is 5.91 Å². The summed E-state index contributed by atoms with van der Waals surface area (Å²) in [7, 11) is 1.83.